The third kappa shape index (κ3) is 3.22. The molecule has 1 unspecified atom stereocenters. The van der Waals surface area contributed by atoms with Crippen LogP contribution >= 0.6 is 11.6 Å². The number of hydrogen-bond acceptors (Lipinski definition) is 3. The van der Waals surface area contributed by atoms with Crippen molar-refractivity contribution in [3.63, 3.8) is 0 Å². The van der Waals surface area contributed by atoms with Crippen molar-refractivity contribution in [2.45, 2.75) is 32.7 Å². The van der Waals surface area contributed by atoms with E-state index in [1.807, 2.05) is 42.6 Å². The quantitative estimate of drug-likeness (QED) is 0.890. The first-order chi connectivity index (χ1) is 9.52. The zero-order valence-electron chi connectivity index (χ0n) is 12.5. The van der Waals surface area contributed by atoms with E-state index in [4.69, 9.17) is 11.6 Å². The molecule has 20 heavy (non-hydrogen) atoms. The summed E-state index contributed by atoms with van der Waals surface area (Å²) in [6.07, 6.45) is 3.83. The van der Waals surface area contributed by atoms with Crippen molar-refractivity contribution in [2.24, 2.45) is 14.1 Å². The summed E-state index contributed by atoms with van der Waals surface area (Å²) in [5, 5.41) is 13.2. The predicted octanol–water partition coefficient (Wildman–Crippen LogP) is 2.40. The number of hydrogen-bond donors (Lipinski definition) is 1. The van der Waals surface area contributed by atoms with Gasteiger partial charge in [-0.3, -0.25) is 9.36 Å². The molecular formula is C14H22ClN5. The smallest absolute Gasteiger partial charge is 0.0847 e. The number of rotatable bonds is 6. The summed E-state index contributed by atoms with van der Waals surface area (Å²) in [5.74, 6) is 0. The van der Waals surface area contributed by atoms with Crippen LogP contribution in [-0.2, 0) is 20.5 Å². The van der Waals surface area contributed by atoms with Gasteiger partial charge in [-0.15, -0.1) is 0 Å². The average molecular weight is 296 g/mol. The zero-order chi connectivity index (χ0) is 14.7. The first-order valence-corrected chi connectivity index (χ1v) is 7.31. The summed E-state index contributed by atoms with van der Waals surface area (Å²) in [6, 6.07) is 2.20. The molecule has 6 heteroatoms. The lowest BCUT2D eigenvalue weighted by Crippen LogP contribution is -2.25. The fraction of sp³-hybridized carbons (Fsp3) is 0.571. The molecule has 1 atom stereocenters. The van der Waals surface area contributed by atoms with Gasteiger partial charge >= 0.3 is 0 Å². The van der Waals surface area contributed by atoms with E-state index in [0.29, 0.717) is 0 Å². The Hall–Kier alpha value is -1.33. The predicted molar refractivity (Wildman–Crippen MR) is 80.9 cm³/mol. The molecule has 2 rings (SSSR count). The molecule has 0 amide bonds. The Morgan fingerprint density at radius 3 is 2.60 bits per heavy atom. The van der Waals surface area contributed by atoms with Gasteiger partial charge in [0.15, 0.2) is 0 Å². The second-order valence-corrected chi connectivity index (χ2v) is 5.47. The van der Waals surface area contributed by atoms with Crippen LogP contribution in [0.25, 0.3) is 0 Å². The van der Waals surface area contributed by atoms with Gasteiger partial charge in [-0.05, 0) is 26.0 Å². The molecule has 5 nitrogen and oxygen atoms in total. The molecule has 0 aliphatic rings. The summed E-state index contributed by atoms with van der Waals surface area (Å²) in [6.45, 7) is 5.04. The molecule has 110 valence electrons. The molecule has 0 bridgehead atoms. The summed E-state index contributed by atoms with van der Waals surface area (Å²) in [7, 11) is 3.87. The fourth-order valence-corrected chi connectivity index (χ4v) is 2.55. The highest BCUT2D eigenvalue weighted by Crippen LogP contribution is 2.25. The lowest BCUT2D eigenvalue weighted by Gasteiger charge is -2.17. The Bertz CT molecular complexity index is 572. The largest absolute Gasteiger partial charge is 0.308 e. The second-order valence-electron chi connectivity index (χ2n) is 5.09. The topological polar surface area (TPSA) is 47.7 Å². The highest BCUT2D eigenvalue weighted by molar-refractivity contribution is 6.31. The van der Waals surface area contributed by atoms with E-state index >= 15 is 0 Å². The Balaban J connectivity index is 2.23. The standard InChI is InChI=1S/C14H22ClN5/c1-5-7-16-12(11-6-8-19(3)18-11)9-13-14(15)10(2)17-20(13)4/h6,8,12,16H,5,7,9H2,1-4H3. The number of aromatic nitrogens is 4. The van der Waals surface area contributed by atoms with E-state index in [2.05, 4.69) is 22.4 Å². The minimum atomic E-state index is 0.156. The molecule has 0 aromatic carbocycles. The molecule has 0 aliphatic heterocycles. The van der Waals surface area contributed by atoms with Gasteiger partial charge in [0, 0.05) is 26.7 Å². The van der Waals surface area contributed by atoms with E-state index in [1.54, 1.807) is 0 Å². The summed E-state index contributed by atoms with van der Waals surface area (Å²) in [4.78, 5) is 0. The van der Waals surface area contributed by atoms with Crippen LogP contribution in [0, 0.1) is 6.92 Å². The van der Waals surface area contributed by atoms with E-state index in [-0.39, 0.29) is 6.04 Å². The normalized spacial score (nSPS) is 12.8. The maximum absolute atomic E-state index is 6.35. The molecule has 2 aromatic rings. The van der Waals surface area contributed by atoms with Gasteiger partial charge in [-0.1, -0.05) is 18.5 Å². The molecule has 1 N–H and O–H groups in total. The molecule has 0 fully saturated rings. The first kappa shape index (κ1) is 15.1. The van der Waals surface area contributed by atoms with Crippen molar-refractivity contribution in [3.05, 3.63) is 34.4 Å². The Morgan fingerprint density at radius 2 is 2.10 bits per heavy atom. The molecule has 0 radical (unpaired) electrons. The number of halogens is 1. The molecular weight excluding hydrogens is 274 g/mol. The Kier molecular flexibility index (Phi) is 4.83. The molecule has 0 saturated carbocycles. The van der Waals surface area contributed by atoms with Crippen molar-refractivity contribution in [2.75, 3.05) is 6.54 Å². The third-order valence-electron chi connectivity index (χ3n) is 3.39. The maximum Gasteiger partial charge on any atom is 0.0847 e. The lowest BCUT2D eigenvalue weighted by atomic mass is 10.1. The second kappa shape index (κ2) is 6.41. The zero-order valence-corrected chi connectivity index (χ0v) is 13.3. The number of nitrogens with one attached hydrogen (secondary N) is 1. The SMILES string of the molecule is CCCNC(Cc1c(Cl)c(C)nn1C)c1ccn(C)n1. The van der Waals surface area contributed by atoms with Gasteiger partial charge in [0.2, 0.25) is 0 Å². The first-order valence-electron chi connectivity index (χ1n) is 6.93. The molecule has 2 heterocycles. The van der Waals surface area contributed by atoms with Crippen molar-refractivity contribution < 1.29 is 0 Å². The monoisotopic (exact) mass is 295 g/mol. The molecule has 0 spiro atoms. The van der Waals surface area contributed by atoms with Gasteiger partial charge in [0.05, 0.1) is 28.1 Å². The highest BCUT2D eigenvalue weighted by atomic mass is 35.5. The van der Waals surface area contributed by atoms with Gasteiger partial charge in [0.1, 0.15) is 0 Å². The van der Waals surface area contributed by atoms with E-state index in [0.717, 1.165) is 41.5 Å². The number of aryl methyl sites for hydroxylation is 3. The van der Waals surface area contributed by atoms with Crippen LogP contribution in [0.1, 0.15) is 36.5 Å². The summed E-state index contributed by atoms with van der Waals surface area (Å²) >= 11 is 6.35. The maximum atomic E-state index is 6.35. The minimum Gasteiger partial charge on any atom is -0.308 e. The van der Waals surface area contributed by atoms with Crippen LogP contribution in [-0.4, -0.2) is 26.1 Å². The Morgan fingerprint density at radius 1 is 1.35 bits per heavy atom. The van der Waals surface area contributed by atoms with Gasteiger partial charge in [-0.2, -0.15) is 10.2 Å². The molecule has 2 aromatic heterocycles. The van der Waals surface area contributed by atoms with E-state index < -0.39 is 0 Å². The molecule has 0 saturated heterocycles. The van der Waals surface area contributed by atoms with Crippen LogP contribution in [0.2, 0.25) is 5.02 Å². The van der Waals surface area contributed by atoms with Crippen molar-refractivity contribution in [3.8, 4) is 0 Å². The van der Waals surface area contributed by atoms with Crippen LogP contribution in [0.3, 0.4) is 0 Å². The average Bonchev–Trinajstić information content (AvgIpc) is 2.93. The summed E-state index contributed by atoms with van der Waals surface area (Å²) in [5.41, 5.74) is 2.96. The van der Waals surface area contributed by atoms with Crippen LogP contribution in [0.5, 0.6) is 0 Å². The minimum absolute atomic E-state index is 0.156. The van der Waals surface area contributed by atoms with Crippen LogP contribution < -0.4 is 5.32 Å². The third-order valence-corrected chi connectivity index (χ3v) is 3.88. The lowest BCUT2D eigenvalue weighted by molar-refractivity contribution is 0.496. The molecule has 0 aliphatic carbocycles. The van der Waals surface area contributed by atoms with E-state index in [9.17, 15) is 0 Å². The van der Waals surface area contributed by atoms with Crippen LogP contribution in [0.4, 0.5) is 0 Å². The number of nitrogens with zero attached hydrogens (tertiary/aromatic N) is 4. The van der Waals surface area contributed by atoms with Crippen molar-refractivity contribution in [1.82, 2.24) is 24.9 Å². The van der Waals surface area contributed by atoms with Crippen LogP contribution in [0.15, 0.2) is 12.3 Å². The van der Waals surface area contributed by atoms with Gasteiger partial charge < -0.3 is 5.32 Å². The van der Waals surface area contributed by atoms with Gasteiger partial charge in [0.25, 0.3) is 0 Å². The van der Waals surface area contributed by atoms with Crippen molar-refractivity contribution in [1.29, 1.82) is 0 Å². The highest BCUT2D eigenvalue weighted by Gasteiger charge is 2.19. The Labute approximate surface area is 124 Å². The van der Waals surface area contributed by atoms with Gasteiger partial charge in [-0.25, -0.2) is 0 Å². The van der Waals surface area contributed by atoms with Crippen molar-refractivity contribution >= 4 is 11.6 Å². The van der Waals surface area contributed by atoms with E-state index in [1.165, 1.54) is 0 Å². The fourth-order valence-electron chi connectivity index (χ4n) is 2.31. The summed E-state index contributed by atoms with van der Waals surface area (Å²) < 4.78 is 3.69.